The van der Waals surface area contributed by atoms with Crippen LogP contribution >= 0.6 is 11.3 Å². The predicted molar refractivity (Wildman–Crippen MR) is 105 cm³/mol. The van der Waals surface area contributed by atoms with Crippen LogP contribution in [0.1, 0.15) is 31.2 Å². The Morgan fingerprint density at radius 1 is 1.18 bits per heavy atom. The number of hydrogen-bond donors (Lipinski definition) is 0. The van der Waals surface area contributed by atoms with Crippen molar-refractivity contribution in [2.24, 2.45) is 0 Å². The highest BCUT2D eigenvalue weighted by Gasteiger charge is 2.50. The molecule has 0 saturated carbocycles. The highest BCUT2D eigenvalue weighted by Crippen LogP contribution is 2.40. The van der Waals surface area contributed by atoms with Gasteiger partial charge in [-0.05, 0) is 35.2 Å². The van der Waals surface area contributed by atoms with E-state index in [0.717, 1.165) is 27.9 Å². The van der Waals surface area contributed by atoms with Crippen LogP contribution in [0.4, 0.5) is 14.2 Å². The second-order valence-electron chi connectivity index (χ2n) is 8.16. The van der Waals surface area contributed by atoms with E-state index >= 15 is 0 Å². The first-order valence-electron chi connectivity index (χ1n) is 9.53. The Kier molecular flexibility index (Phi) is 6.47. The maximum absolute atomic E-state index is 13.2. The van der Waals surface area contributed by atoms with Crippen LogP contribution in [-0.2, 0) is 11.3 Å². The van der Waals surface area contributed by atoms with Crippen LogP contribution in [0, 0.1) is 5.82 Å². The lowest BCUT2D eigenvalue weighted by Gasteiger charge is -2.44. The van der Waals surface area contributed by atoms with Crippen molar-refractivity contribution in [2.75, 3.05) is 19.0 Å². The van der Waals surface area contributed by atoms with Crippen LogP contribution in [0.25, 0.3) is 0 Å². The lowest BCUT2D eigenvalue weighted by Crippen LogP contribution is -3.00. The number of fused-ring (bicyclic) bond motifs is 2. The summed E-state index contributed by atoms with van der Waals surface area (Å²) in [4.78, 5) is 14.7. The van der Waals surface area contributed by atoms with E-state index in [1.54, 1.807) is 17.0 Å². The van der Waals surface area contributed by atoms with Gasteiger partial charge >= 0.3 is 6.09 Å². The summed E-state index contributed by atoms with van der Waals surface area (Å²) in [5, 5.41) is 2.79. The molecule has 0 radical (unpaired) electrons. The monoisotopic (exact) mass is 468 g/mol. The summed E-state index contributed by atoms with van der Waals surface area (Å²) in [5.74, 6) is -0.276. The van der Waals surface area contributed by atoms with Crippen LogP contribution < -0.4 is 21.9 Å². The van der Waals surface area contributed by atoms with E-state index in [9.17, 15) is 9.18 Å². The number of carbonyl (C=O) groups excluding carboxylic acids is 1. The van der Waals surface area contributed by atoms with Crippen molar-refractivity contribution in [2.45, 2.75) is 50.4 Å². The van der Waals surface area contributed by atoms with Gasteiger partial charge in [0.05, 0.1) is 32.7 Å². The Hall–Kier alpha value is -1.44. The molecule has 1 aromatic heterocycles. The minimum absolute atomic E-state index is 0. The normalized spacial score (nSPS) is 25.0. The highest BCUT2D eigenvalue weighted by molar-refractivity contribution is 7.14. The number of anilines is 1. The van der Waals surface area contributed by atoms with Crippen molar-refractivity contribution in [3.8, 4) is 0 Å². The fourth-order valence-electron chi connectivity index (χ4n) is 4.56. The number of amides is 1. The van der Waals surface area contributed by atoms with Crippen molar-refractivity contribution >= 4 is 22.4 Å². The van der Waals surface area contributed by atoms with Gasteiger partial charge in [0.1, 0.15) is 16.9 Å². The standard InChI is InChI=1S/C21H26FN2O2S.BrH/c1-24(2)17-9-10-18(24)13-19(12-17)26-21(25)23(20-4-3-11-27-20)14-15-5-7-16(22)8-6-15;/h3-8,11,17-19H,9-10,12-14H2,1-2H3;1H/q+1;/p-1/t17-,18+,19+;. The van der Waals surface area contributed by atoms with Gasteiger partial charge in [0.25, 0.3) is 0 Å². The summed E-state index contributed by atoms with van der Waals surface area (Å²) in [7, 11) is 4.60. The molecule has 0 spiro atoms. The van der Waals surface area contributed by atoms with Gasteiger partial charge in [-0.3, -0.25) is 4.90 Å². The molecule has 2 aromatic rings. The van der Waals surface area contributed by atoms with E-state index in [-0.39, 0.29) is 35.0 Å². The number of ether oxygens (including phenoxy) is 1. The third-order valence-corrected chi connectivity index (χ3v) is 7.19. The summed E-state index contributed by atoms with van der Waals surface area (Å²) in [5.41, 5.74) is 0.878. The van der Waals surface area contributed by atoms with Crippen LogP contribution in [0.5, 0.6) is 0 Å². The number of carbonyl (C=O) groups is 1. The van der Waals surface area contributed by atoms with Crippen LogP contribution in [0.2, 0.25) is 0 Å². The first kappa shape index (κ1) is 21.3. The number of piperidine rings is 1. The third-order valence-electron chi connectivity index (χ3n) is 6.30. The van der Waals surface area contributed by atoms with Gasteiger partial charge < -0.3 is 26.2 Å². The topological polar surface area (TPSA) is 29.5 Å². The molecule has 7 heteroatoms. The average molecular weight is 469 g/mol. The quantitative estimate of drug-likeness (QED) is 0.640. The summed E-state index contributed by atoms with van der Waals surface area (Å²) < 4.78 is 20.2. The first-order chi connectivity index (χ1) is 12.9. The average Bonchev–Trinajstić information content (AvgIpc) is 3.17. The number of thiophene rings is 1. The zero-order chi connectivity index (χ0) is 19.0. The molecule has 3 heterocycles. The minimum atomic E-state index is -0.307. The van der Waals surface area contributed by atoms with Gasteiger partial charge in [0, 0.05) is 25.7 Å². The number of halogens is 2. The van der Waals surface area contributed by atoms with Gasteiger partial charge in [0.15, 0.2) is 0 Å². The third kappa shape index (κ3) is 4.26. The van der Waals surface area contributed by atoms with E-state index in [4.69, 9.17) is 4.74 Å². The lowest BCUT2D eigenvalue weighted by molar-refractivity contribution is -0.931. The van der Waals surface area contributed by atoms with E-state index in [1.165, 1.54) is 36.3 Å². The van der Waals surface area contributed by atoms with Crippen LogP contribution in [-0.4, -0.2) is 42.9 Å². The van der Waals surface area contributed by atoms with E-state index in [0.29, 0.717) is 18.6 Å². The van der Waals surface area contributed by atoms with Crippen LogP contribution in [0.15, 0.2) is 41.8 Å². The molecule has 2 fully saturated rings. The first-order valence-corrected chi connectivity index (χ1v) is 10.4. The number of hydrogen-bond acceptors (Lipinski definition) is 3. The summed E-state index contributed by atoms with van der Waals surface area (Å²) in [6, 6.07) is 11.3. The molecule has 152 valence electrons. The highest BCUT2D eigenvalue weighted by atomic mass is 79.9. The molecule has 2 aliphatic heterocycles. The van der Waals surface area contributed by atoms with Crippen molar-refractivity contribution in [1.29, 1.82) is 0 Å². The maximum atomic E-state index is 13.2. The molecule has 4 rings (SSSR count). The summed E-state index contributed by atoms with van der Waals surface area (Å²) in [6.45, 7) is 0.376. The molecule has 2 saturated heterocycles. The number of rotatable bonds is 4. The molecule has 2 aliphatic rings. The molecule has 1 aromatic carbocycles. The number of quaternary nitrogens is 1. The minimum Gasteiger partial charge on any atom is -1.00 e. The fourth-order valence-corrected chi connectivity index (χ4v) is 5.28. The van der Waals surface area contributed by atoms with Crippen molar-refractivity contribution in [1.82, 2.24) is 0 Å². The molecule has 2 bridgehead atoms. The zero-order valence-electron chi connectivity index (χ0n) is 16.2. The number of benzene rings is 1. The molecule has 0 aliphatic carbocycles. The zero-order valence-corrected chi connectivity index (χ0v) is 18.6. The Morgan fingerprint density at radius 2 is 1.82 bits per heavy atom. The van der Waals surface area contributed by atoms with E-state index in [1.807, 2.05) is 17.5 Å². The Balaban J connectivity index is 0.00000225. The van der Waals surface area contributed by atoms with Crippen LogP contribution in [0.3, 0.4) is 0 Å². The molecule has 3 atom stereocenters. The molecular formula is C21H26BrFN2O2S. The predicted octanol–water partition coefficient (Wildman–Crippen LogP) is 1.80. The van der Waals surface area contributed by atoms with Crippen molar-refractivity contribution in [3.05, 3.63) is 53.2 Å². The molecule has 0 unspecified atom stereocenters. The second kappa shape index (κ2) is 8.51. The number of nitrogens with zero attached hydrogens (tertiary/aromatic N) is 2. The second-order valence-corrected chi connectivity index (χ2v) is 9.08. The lowest BCUT2D eigenvalue weighted by atomic mass is 9.98. The summed E-state index contributed by atoms with van der Waals surface area (Å²) >= 11 is 1.50. The van der Waals surface area contributed by atoms with Gasteiger partial charge in [-0.1, -0.05) is 12.1 Å². The molecule has 0 N–H and O–H groups in total. The van der Waals surface area contributed by atoms with E-state index < -0.39 is 0 Å². The van der Waals surface area contributed by atoms with E-state index in [2.05, 4.69) is 14.1 Å². The molecular weight excluding hydrogens is 443 g/mol. The molecule has 28 heavy (non-hydrogen) atoms. The molecule has 4 nitrogen and oxygen atoms in total. The smallest absolute Gasteiger partial charge is 0.415 e. The Morgan fingerprint density at radius 3 is 2.39 bits per heavy atom. The molecule has 1 amide bonds. The van der Waals surface area contributed by atoms with Crippen molar-refractivity contribution in [3.63, 3.8) is 0 Å². The maximum Gasteiger partial charge on any atom is 0.415 e. The van der Waals surface area contributed by atoms with Gasteiger partial charge in [-0.25, -0.2) is 9.18 Å². The van der Waals surface area contributed by atoms with Gasteiger partial charge in [0.2, 0.25) is 0 Å². The van der Waals surface area contributed by atoms with Crippen molar-refractivity contribution < 1.29 is 35.4 Å². The largest absolute Gasteiger partial charge is 1.00 e. The fraction of sp³-hybridized carbons (Fsp3) is 0.476. The van der Waals surface area contributed by atoms with Gasteiger partial charge in [-0.15, -0.1) is 11.3 Å². The Bertz CT molecular complexity index is 781. The summed E-state index contributed by atoms with van der Waals surface area (Å²) in [6.07, 6.45) is 3.98. The van der Waals surface area contributed by atoms with Gasteiger partial charge in [-0.2, -0.15) is 0 Å². The Labute approximate surface area is 180 Å². The SMILES string of the molecule is C[N+]1(C)[C@@H]2CC[C@H]1C[C@@H](OC(=O)N(Cc1ccc(F)cc1)c1cccs1)C2.[Br-].